The summed E-state index contributed by atoms with van der Waals surface area (Å²) in [5, 5.41) is 0. The molecule has 1 unspecified atom stereocenters. The fourth-order valence-electron chi connectivity index (χ4n) is 4.08. The quantitative estimate of drug-likeness (QED) is 0.183. The Balaban J connectivity index is 1.48. The normalized spacial score (nSPS) is 12.2. The van der Waals surface area contributed by atoms with Crippen molar-refractivity contribution < 1.29 is 27.5 Å². The van der Waals surface area contributed by atoms with Crippen LogP contribution in [0.15, 0.2) is 91.0 Å². The van der Waals surface area contributed by atoms with Crippen molar-refractivity contribution in [2.45, 2.75) is 39.5 Å². The highest BCUT2D eigenvalue weighted by Crippen LogP contribution is 2.33. The minimum atomic E-state index is -4.37. The first kappa shape index (κ1) is 26.9. The molecule has 4 aromatic carbocycles. The van der Waals surface area contributed by atoms with Crippen molar-refractivity contribution in [2.24, 2.45) is 0 Å². The lowest BCUT2D eigenvalue weighted by atomic mass is 9.94. The number of carbonyl (C=O) groups excluding carboxylic acids is 2. The summed E-state index contributed by atoms with van der Waals surface area (Å²) < 4.78 is 43.9. The minimum Gasteiger partial charge on any atom is -0.459 e. The van der Waals surface area contributed by atoms with Gasteiger partial charge in [0, 0.05) is 11.1 Å². The summed E-state index contributed by atoms with van der Waals surface area (Å²) in [6, 6.07) is 24.5. The molecule has 0 saturated heterocycles. The molecular weight excluding hydrogens is 489 g/mol. The summed E-state index contributed by atoms with van der Waals surface area (Å²) in [6.45, 7) is 5.68. The molecule has 0 saturated carbocycles. The van der Waals surface area contributed by atoms with Crippen molar-refractivity contribution in [2.75, 3.05) is 0 Å². The standard InChI is InChI=1S/C32H27F3O3/c1-4-21(3)38-31(37)26-11-9-25(10-12-26)30(36)24-7-5-22(6-8-24)27-15-18-29(20(2)19-27)23-13-16-28(17-14-23)32(33,34)35/h5-19,21H,4H2,1-3H3. The van der Waals surface area contributed by atoms with Gasteiger partial charge in [-0.05, 0) is 72.4 Å². The number of alkyl halides is 3. The molecule has 4 rings (SSSR count). The second-order valence-corrected chi connectivity index (χ2v) is 9.21. The van der Waals surface area contributed by atoms with E-state index in [4.69, 9.17) is 4.74 Å². The lowest BCUT2D eigenvalue weighted by Crippen LogP contribution is -2.14. The van der Waals surface area contributed by atoms with E-state index in [2.05, 4.69) is 0 Å². The molecule has 6 heteroatoms. The number of carbonyl (C=O) groups is 2. The van der Waals surface area contributed by atoms with Gasteiger partial charge in [-0.1, -0.05) is 73.7 Å². The second kappa shape index (κ2) is 11.1. The van der Waals surface area contributed by atoms with Gasteiger partial charge in [-0.2, -0.15) is 13.2 Å². The highest BCUT2D eigenvalue weighted by atomic mass is 19.4. The number of hydrogen-bond donors (Lipinski definition) is 0. The van der Waals surface area contributed by atoms with Crippen LogP contribution in [-0.2, 0) is 10.9 Å². The van der Waals surface area contributed by atoms with Crippen molar-refractivity contribution in [3.8, 4) is 22.3 Å². The van der Waals surface area contributed by atoms with E-state index >= 15 is 0 Å². The molecule has 0 spiro atoms. The molecule has 0 aliphatic rings. The third-order valence-corrected chi connectivity index (χ3v) is 6.50. The van der Waals surface area contributed by atoms with Crippen LogP contribution >= 0.6 is 0 Å². The fourth-order valence-corrected chi connectivity index (χ4v) is 4.08. The molecule has 194 valence electrons. The first-order valence-electron chi connectivity index (χ1n) is 12.3. The van der Waals surface area contributed by atoms with Crippen molar-refractivity contribution in [1.29, 1.82) is 0 Å². The number of ketones is 1. The van der Waals surface area contributed by atoms with Crippen LogP contribution in [0.2, 0.25) is 0 Å². The number of ether oxygens (including phenoxy) is 1. The van der Waals surface area contributed by atoms with Crippen LogP contribution in [0, 0.1) is 6.92 Å². The topological polar surface area (TPSA) is 43.4 Å². The maximum absolute atomic E-state index is 13.0. The van der Waals surface area contributed by atoms with Crippen molar-refractivity contribution in [1.82, 2.24) is 0 Å². The molecule has 0 fully saturated rings. The summed E-state index contributed by atoms with van der Waals surface area (Å²) in [5.41, 5.74) is 5.03. The summed E-state index contributed by atoms with van der Waals surface area (Å²) in [7, 11) is 0. The molecular formula is C32H27F3O3. The van der Waals surface area contributed by atoms with Gasteiger partial charge in [-0.25, -0.2) is 4.79 Å². The average molecular weight is 517 g/mol. The van der Waals surface area contributed by atoms with Crippen LogP contribution in [0.3, 0.4) is 0 Å². The zero-order valence-corrected chi connectivity index (χ0v) is 21.3. The van der Waals surface area contributed by atoms with Crippen LogP contribution in [0.1, 0.15) is 57.7 Å². The van der Waals surface area contributed by atoms with E-state index < -0.39 is 17.7 Å². The van der Waals surface area contributed by atoms with E-state index in [0.717, 1.165) is 40.8 Å². The molecule has 3 nitrogen and oxygen atoms in total. The molecule has 0 aromatic heterocycles. The molecule has 0 aliphatic carbocycles. The van der Waals surface area contributed by atoms with E-state index in [0.29, 0.717) is 22.3 Å². The van der Waals surface area contributed by atoms with Crippen LogP contribution in [-0.4, -0.2) is 17.9 Å². The largest absolute Gasteiger partial charge is 0.459 e. The van der Waals surface area contributed by atoms with Crippen LogP contribution in [0.5, 0.6) is 0 Å². The SMILES string of the molecule is CCC(C)OC(=O)c1ccc(C(=O)c2ccc(-c3ccc(-c4ccc(C(F)(F)F)cc4)c(C)c3)cc2)cc1. The van der Waals surface area contributed by atoms with Crippen molar-refractivity contribution in [3.63, 3.8) is 0 Å². The van der Waals surface area contributed by atoms with Gasteiger partial charge in [-0.15, -0.1) is 0 Å². The summed E-state index contributed by atoms with van der Waals surface area (Å²) in [5.74, 6) is -0.574. The van der Waals surface area contributed by atoms with Crippen molar-refractivity contribution >= 4 is 11.8 Å². The Morgan fingerprint density at radius 1 is 0.737 bits per heavy atom. The van der Waals surface area contributed by atoms with Crippen LogP contribution in [0.4, 0.5) is 13.2 Å². The van der Waals surface area contributed by atoms with E-state index in [-0.39, 0.29) is 11.9 Å². The second-order valence-electron chi connectivity index (χ2n) is 9.21. The molecule has 0 amide bonds. The smallest absolute Gasteiger partial charge is 0.416 e. The Labute approximate surface area is 219 Å². The summed E-state index contributed by atoms with van der Waals surface area (Å²) in [6.07, 6.45) is -3.82. The molecule has 0 bridgehead atoms. The van der Waals surface area contributed by atoms with E-state index in [1.807, 2.05) is 51.1 Å². The predicted octanol–water partition coefficient (Wildman–Crippen LogP) is 8.53. The predicted molar refractivity (Wildman–Crippen MR) is 142 cm³/mol. The zero-order valence-electron chi connectivity index (χ0n) is 21.3. The van der Waals surface area contributed by atoms with Gasteiger partial charge in [0.2, 0.25) is 0 Å². The molecule has 1 atom stereocenters. The number of benzene rings is 4. The van der Waals surface area contributed by atoms with Gasteiger partial charge in [0.25, 0.3) is 0 Å². The van der Waals surface area contributed by atoms with Gasteiger partial charge in [0.15, 0.2) is 5.78 Å². The number of aryl methyl sites for hydroxylation is 1. The molecule has 0 radical (unpaired) electrons. The number of esters is 1. The maximum atomic E-state index is 13.0. The fraction of sp³-hybridized carbons (Fsp3) is 0.188. The number of rotatable bonds is 7. The molecule has 4 aromatic rings. The van der Waals surface area contributed by atoms with Crippen LogP contribution < -0.4 is 0 Å². The monoisotopic (exact) mass is 516 g/mol. The first-order chi connectivity index (χ1) is 18.1. The lowest BCUT2D eigenvalue weighted by molar-refractivity contribution is -0.137. The highest BCUT2D eigenvalue weighted by molar-refractivity contribution is 6.09. The molecule has 0 N–H and O–H groups in total. The third kappa shape index (κ3) is 6.02. The average Bonchev–Trinajstić information content (AvgIpc) is 2.92. The Morgan fingerprint density at radius 3 is 1.76 bits per heavy atom. The number of halogens is 3. The van der Waals surface area contributed by atoms with Crippen LogP contribution in [0.25, 0.3) is 22.3 Å². The van der Waals surface area contributed by atoms with E-state index in [1.54, 1.807) is 36.4 Å². The first-order valence-corrected chi connectivity index (χ1v) is 12.3. The van der Waals surface area contributed by atoms with E-state index in [9.17, 15) is 22.8 Å². The Bertz CT molecular complexity index is 1440. The Kier molecular flexibility index (Phi) is 7.81. The van der Waals surface area contributed by atoms with Gasteiger partial charge in [0.05, 0.1) is 17.2 Å². The van der Waals surface area contributed by atoms with E-state index in [1.165, 1.54) is 12.1 Å². The maximum Gasteiger partial charge on any atom is 0.416 e. The molecule has 0 heterocycles. The van der Waals surface area contributed by atoms with Crippen molar-refractivity contribution in [3.05, 3.63) is 119 Å². The highest BCUT2D eigenvalue weighted by Gasteiger charge is 2.30. The Morgan fingerprint density at radius 2 is 1.24 bits per heavy atom. The van der Waals surface area contributed by atoms with Gasteiger partial charge < -0.3 is 4.74 Å². The molecule has 38 heavy (non-hydrogen) atoms. The minimum absolute atomic E-state index is 0.160. The number of hydrogen-bond acceptors (Lipinski definition) is 3. The summed E-state index contributed by atoms with van der Waals surface area (Å²) >= 11 is 0. The third-order valence-electron chi connectivity index (χ3n) is 6.50. The zero-order chi connectivity index (χ0) is 27.4. The van der Waals surface area contributed by atoms with Gasteiger partial charge in [-0.3, -0.25) is 4.79 Å². The Hall–Kier alpha value is -4.19. The lowest BCUT2D eigenvalue weighted by Gasteiger charge is -2.12. The molecule has 0 aliphatic heterocycles. The van der Waals surface area contributed by atoms with Gasteiger partial charge >= 0.3 is 12.1 Å². The summed E-state index contributed by atoms with van der Waals surface area (Å²) in [4.78, 5) is 25.1. The van der Waals surface area contributed by atoms with Gasteiger partial charge in [0.1, 0.15) is 0 Å².